The number of amides is 1. The smallest absolute Gasteiger partial charge is 0.233 e. The van der Waals surface area contributed by atoms with Gasteiger partial charge in [0.25, 0.3) is 0 Å². The molecule has 2 aliphatic heterocycles. The predicted octanol–water partition coefficient (Wildman–Crippen LogP) is 2.06. The maximum Gasteiger partial charge on any atom is 0.233 e. The zero-order valence-electron chi connectivity index (χ0n) is 14.4. The molecule has 1 aromatic heterocycles. The minimum absolute atomic E-state index is 0.0907. The van der Waals surface area contributed by atoms with E-state index in [1.54, 1.807) is 0 Å². The van der Waals surface area contributed by atoms with E-state index >= 15 is 0 Å². The van der Waals surface area contributed by atoms with E-state index in [2.05, 4.69) is 41.1 Å². The molecule has 24 heavy (non-hydrogen) atoms. The maximum atomic E-state index is 12.9. The Morgan fingerprint density at radius 3 is 2.67 bits per heavy atom. The normalized spacial score (nSPS) is 20.6. The van der Waals surface area contributed by atoms with Gasteiger partial charge in [-0.05, 0) is 18.9 Å². The quantitative estimate of drug-likeness (QED) is 0.868. The molecule has 4 rings (SSSR count). The average molecular weight is 324 g/mol. The molecule has 5 nitrogen and oxygen atoms in total. The van der Waals surface area contributed by atoms with Crippen molar-refractivity contribution in [2.24, 2.45) is 7.05 Å². The van der Waals surface area contributed by atoms with Crippen molar-refractivity contribution >= 4 is 5.91 Å². The largest absolute Gasteiger partial charge is 0.342 e. The van der Waals surface area contributed by atoms with E-state index in [1.165, 1.54) is 11.1 Å². The summed E-state index contributed by atoms with van der Waals surface area (Å²) in [5.41, 5.74) is 4.71. The van der Waals surface area contributed by atoms with Gasteiger partial charge < -0.3 is 9.47 Å². The van der Waals surface area contributed by atoms with E-state index in [0.29, 0.717) is 0 Å². The van der Waals surface area contributed by atoms with Crippen molar-refractivity contribution in [2.45, 2.75) is 32.4 Å². The van der Waals surface area contributed by atoms with Gasteiger partial charge in [-0.1, -0.05) is 29.8 Å². The number of carbonyl (C=O) groups is 1. The second kappa shape index (κ2) is 6.06. The lowest BCUT2D eigenvalue weighted by Gasteiger charge is -2.38. The molecule has 0 bridgehead atoms. The fourth-order valence-corrected chi connectivity index (χ4v) is 3.70. The number of likely N-dealkylation sites (tertiary alicyclic amines) is 1. The van der Waals surface area contributed by atoms with Gasteiger partial charge in [-0.2, -0.15) is 0 Å². The summed E-state index contributed by atoms with van der Waals surface area (Å²) in [6, 6.07) is 8.65. The number of rotatable bonds is 3. The summed E-state index contributed by atoms with van der Waals surface area (Å²) in [5.74, 6) is 0.173. The molecule has 0 N–H and O–H groups in total. The van der Waals surface area contributed by atoms with Gasteiger partial charge in [-0.15, -0.1) is 0 Å². The molecular weight excluding hydrogens is 300 g/mol. The second-order valence-corrected chi connectivity index (χ2v) is 7.07. The minimum atomic E-state index is -0.0907. The molecule has 3 heterocycles. The van der Waals surface area contributed by atoms with Crippen LogP contribution in [0.1, 0.15) is 34.9 Å². The van der Waals surface area contributed by atoms with Crippen LogP contribution in [0.25, 0.3) is 0 Å². The number of aryl methyl sites for hydroxylation is 2. The second-order valence-electron chi connectivity index (χ2n) is 7.07. The molecule has 1 atom stereocenters. The number of hydrogen-bond donors (Lipinski definition) is 0. The predicted molar refractivity (Wildman–Crippen MR) is 92.4 cm³/mol. The van der Waals surface area contributed by atoms with Crippen LogP contribution in [0.3, 0.4) is 0 Å². The highest BCUT2D eigenvalue weighted by Gasteiger charge is 2.37. The van der Waals surface area contributed by atoms with Crippen LogP contribution in [0.5, 0.6) is 0 Å². The minimum Gasteiger partial charge on any atom is -0.342 e. The third kappa shape index (κ3) is 2.73. The molecule has 0 saturated carbocycles. The molecule has 1 unspecified atom stereocenters. The van der Waals surface area contributed by atoms with Gasteiger partial charge in [-0.25, -0.2) is 4.98 Å². The first-order valence-electron chi connectivity index (χ1n) is 8.68. The average Bonchev–Trinajstić information content (AvgIpc) is 2.88. The van der Waals surface area contributed by atoms with E-state index in [-0.39, 0.29) is 11.8 Å². The number of hydrogen-bond acceptors (Lipinski definition) is 3. The van der Waals surface area contributed by atoms with E-state index in [1.807, 2.05) is 22.8 Å². The standard InChI is InChI=1S/C19H24N4O/c1-14-4-6-15(7-5-14)10-22-11-16(19(24)23-8-3-9-23)18-17(12-22)20-13-21(18)2/h4-7,13,16H,3,8-12H2,1-2H3. The molecule has 0 radical (unpaired) electrons. The first-order chi connectivity index (χ1) is 11.6. The molecule has 1 amide bonds. The highest BCUT2D eigenvalue weighted by atomic mass is 16.2. The lowest BCUT2D eigenvalue weighted by atomic mass is 9.94. The van der Waals surface area contributed by atoms with E-state index in [4.69, 9.17) is 0 Å². The highest BCUT2D eigenvalue weighted by Crippen LogP contribution is 2.31. The first kappa shape index (κ1) is 15.4. The van der Waals surface area contributed by atoms with Gasteiger partial charge in [0.05, 0.1) is 23.6 Å². The Kier molecular flexibility index (Phi) is 3.88. The molecule has 1 saturated heterocycles. The van der Waals surface area contributed by atoms with Gasteiger partial charge in [0.1, 0.15) is 0 Å². The Hall–Kier alpha value is -2.14. The third-order valence-corrected chi connectivity index (χ3v) is 5.20. The number of imidazole rings is 1. The van der Waals surface area contributed by atoms with Gasteiger partial charge in [0, 0.05) is 39.8 Å². The van der Waals surface area contributed by atoms with Crippen LogP contribution in [-0.4, -0.2) is 44.9 Å². The molecular formula is C19H24N4O. The van der Waals surface area contributed by atoms with Crippen LogP contribution in [0.2, 0.25) is 0 Å². The summed E-state index contributed by atoms with van der Waals surface area (Å²) in [5, 5.41) is 0. The van der Waals surface area contributed by atoms with Crippen molar-refractivity contribution in [3.8, 4) is 0 Å². The summed E-state index contributed by atoms with van der Waals surface area (Å²) in [7, 11) is 2.00. The van der Waals surface area contributed by atoms with Crippen LogP contribution in [0.4, 0.5) is 0 Å². The van der Waals surface area contributed by atoms with Gasteiger partial charge >= 0.3 is 0 Å². The SMILES string of the molecule is Cc1ccc(CN2Cc3ncn(C)c3C(C(=O)N3CCC3)C2)cc1. The summed E-state index contributed by atoms with van der Waals surface area (Å²) >= 11 is 0. The Labute approximate surface area is 142 Å². The number of benzene rings is 1. The van der Waals surface area contributed by atoms with Crippen LogP contribution in [0.15, 0.2) is 30.6 Å². The Morgan fingerprint density at radius 1 is 1.25 bits per heavy atom. The summed E-state index contributed by atoms with van der Waals surface area (Å²) in [4.78, 5) is 21.8. The molecule has 5 heteroatoms. The van der Waals surface area contributed by atoms with Crippen molar-refractivity contribution in [3.63, 3.8) is 0 Å². The first-order valence-corrected chi connectivity index (χ1v) is 8.68. The summed E-state index contributed by atoms with van der Waals surface area (Å²) in [6.07, 6.45) is 2.97. The van der Waals surface area contributed by atoms with Crippen molar-refractivity contribution < 1.29 is 4.79 Å². The lowest BCUT2D eigenvalue weighted by Crippen LogP contribution is -2.48. The van der Waals surface area contributed by atoms with Gasteiger partial charge in [-0.3, -0.25) is 9.69 Å². The maximum absolute atomic E-state index is 12.9. The molecule has 1 fully saturated rings. The number of nitrogens with zero attached hydrogens (tertiary/aromatic N) is 4. The molecule has 126 valence electrons. The van der Waals surface area contributed by atoms with Gasteiger partial charge in [0.15, 0.2) is 0 Å². The molecule has 0 aliphatic carbocycles. The Bertz CT molecular complexity index is 745. The monoisotopic (exact) mass is 324 g/mol. The Balaban J connectivity index is 1.58. The third-order valence-electron chi connectivity index (χ3n) is 5.20. The summed E-state index contributed by atoms with van der Waals surface area (Å²) < 4.78 is 2.03. The van der Waals surface area contributed by atoms with Crippen LogP contribution >= 0.6 is 0 Å². The molecule has 2 aromatic rings. The zero-order chi connectivity index (χ0) is 16.7. The van der Waals surface area contributed by atoms with Gasteiger partial charge in [0.2, 0.25) is 5.91 Å². The van der Waals surface area contributed by atoms with Crippen molar-refractivity contribution in [2.75, 3.05) is 19.6 Å². The zero-order valence-corrected chi connectivity index (χ0v) is 14.4. The van der Waals surface area contributed by atoms with Crippen LogP contribution in [0, 0.1) is 6.92 Å². The van der Waals surface area contributed by atoms with Crippen molar-refractivity contribution in [1.29, 1.82) is 0 Å². The molecule has 1 aromatic carbocycles. The fourth-order valence-electron chi connectivity index (χ4n) is 3.70. The number of fused-ring (bicyclic) bond motifs is 1. The van der Waals surface area contributed by atoms with Crippen LogP contribution in [-0.2, 0) is 24.9 Å². The number of aromatic nitrogens is 2. The van der Waals surface area contributed by atoms with Crippen molar-refractivity contribution in [1.82, 2.24) is 19.4 Å². The van der Waals surface area contributed by atoms with E-state index < -0.39 is 0 Å². The molecule has 2 aliphatic rings. The van der Waals surface area contributed by atoms with Crippen molar-refractivity contribution in [3.05, 3.63) is 53.1 Å². The Morgan fingerprint density at radius 2 is 2.00 bits per heavy atom. The highest BCUT2D eigenvalue weighted by molar-refractivity contribution is 5.84. The van der Waals surface area contributed by atoms with E-state index in [9.17, 15) is 4.79 Å². The fraction of sp³-hybridized carbons (Fsp3) is 0.474. The summed E-state index contributed by atoms with van der Waals surface area (Å²) in [6.45, 7) is 6.36. The lowest BCUT2D eigenvalue weighted by molar-refractivity contribution is -0.137. The van der Waals surface area contributed by atoms with Crippen LogP contribution < -0.4 is 0 Å². The molecule has 0 spiro atoms. The number of carbonyl (C=O) groups excluding carboxylic acids is 1. The van der Waals surface area contributed by atoms with E-state index in [0.717, 1.165) is 50.5 Å². The topological polar surface area (TPSA) is 41.4 Å².